The molecule has 3 amide bonds. The van der Waals surface area contributed by atoms with Crippen molar-refractivity contribution < 1.29 is 9.59 Å². The molecule has 0 aliphatic carbocycles. The second-order valence-corrected chi connectivity index (χ2v) is 6.72. The number of likely N-dealkylation sites (N-methyl/N-ethyl adjacent to an activating group) is 2. The van der Waals surface area contributed by atoms with Crippen LogP contribution in [0.15, 0.2) is 46.4 Å². The van der Waals surface area contributed by atoms with Crippen molar-refractivity contribution in [2.75, 3.05) is 14.1 Å². The Balaban J connectivity index is 1.64. The molecule has 1 N–H and O–H groups in total. The lowest BCUT2D eigenvalue weighted by Crippen LogP contribution is -2.63. The van der Waals surface area contributed by atoms with Crippen molar-refractivity contribution in [3.8, 4) is 0 Å². The number of para-hydroxylation sites is 1. The van der Waals surface area contributed by atoms with Crippen LogP contribution in [0.3, 0.4) is 0 Å². The topological polar surface area (TPSA) is 77.9 Å². The highest BCUT2D eigenvalue weighted by atomic mass is 32.2. The summed E-state index contributed by atoms with van der Waals surface area (Å²) in [5.74, 6) is -0.323. The van der Waals surface area contributed by atoms with Gasteiger partial charge in [0.2, 0.25) is 0 Å². The Morgan fingerprint density at radius 1 is 1.08 bits per heavy atom. The number of nitrogens with zero attached hydrogens (tertiary/aromatic N) is 4. The number of hydrogen-bond acceptors (Lipinski definition) is 6. The first-order valence-electron chi connectivity index (χ1n) is 7.46. The van der Waals surface area contributed by atoms with E-state index in [2.05, 4.69) is 15.3 Å². The maximum atomic E-state index is 12.1. The molecule has 2 aromatic rings. The van der Waals surface area contributed by atoms with E-state index in [1.165, 1.54) is 16.7 Å². The van der Waals surface area contributed by atoms with Crippen LogP contribution in [0.5, 0.6) is 0 Å². The Morgan fingerprint density at radius 3 is 2.71 bits per heavy atom. The van der Waals surface area contributed by atoms with E-state index in [9.17, 15) is 9.59 Å². The molecule has 1 saturated heterocycles. The number of carbonyl (C=O) groups is 2. The van der Waals surface area contributed by atoms with Crippen LogP contribution in [0.2, 0.25) is 0 Å². The number of pyridine rings is 1. The van der Waals surface area contributed by atoms with Crippen molar-refractivity contribution in [1.82, 2.24) is 20.1 Å². The summed E-state index contributed by atoms with van der Waals surface area (Å²) in [6, 6.07) is 10.9. The molecule has 0 spiro atoms. The van der Waals surface area contributed by atoms with Crippen molar-refractivity contribution in [2.45, 2.75) is 17.2 Å². The molecule has 2 atom stereocenters. The summed E-state index contributed by atoms with van der Waals surface area (Å²) in [6.45, 7) is 0. The Morgan fingerprint density at radius 2 is 1.88 bits per heavy atom. The Hall–Kier alpha value is -2.61. The maximum Gasteiger partial charge on any atom is 0.325 e. The van der Waals surface area contributed by atoms with Gasteiger partial charge in [-0.15, -0.1) is 0 Å². The van der Waals surface area contributed by atoms with E-state index in [1.807, 2.05) is 36.4 Å². The van der Waals surface area contributed by atoms with Crippen LogP contribution in [-0.2, 0) is 4.79 Å². The number of thioether (sulfide) groups is 1. The minimum atomic E-state index is -0.504. The molecule has 8 heteroatoms. The quantitative estimate of drug-likeness (QED) is 0.851. The molecule has 24 heavy (non-hydrogen) atoms. The average molecular weight is 341 g/mol. The highest BCUT2D eigenvalue weighted by molar-refractivity contribution is 8.13. The highest BCUT2D eigenvalue weighted by Crippen LogP contribution is 2.30. The largest absolute Gasteiger partial charge is 0.339 e. The molecule has 2 aliphatic rings. The van der Waals surface area contributed by atoms with Gasteiger partial charge in [-0.05, 0) is 23.9 Å². The zero-order valence-corrected chi connectivity index (χ0v) is 13.9. The molecule has 1 aromatic heterocycles. The monoisotopic (exact) mass is 341 g/mol. The smallest absolute Gasteiger partial charge is 0.325 e. The molecule has 1 fully saturated rings. The lowest BCUT2D eigenvalue weighted by atomic mass is 10.1. The predicted molar refractivity (Wildman–Crippen MR) is 91.7 cm³/mol. The molecule has 0 bridgehead atoms. The molecule has 3 heterocycles. The van der Waals surface area contributed by atoms with E-state index in [-0.39, 0.29) is 5.91 Å². The van der Waals surface area contributed by atoms with Crippen LogP contribution in [0, 0.1) is 0 Å². The second kappa shape index (κ2) is 5.48. The van der Waals surface area contributed by atoms with Crippen LogP contribution in [0.1, 0.15) is 0 Å². The van der Waals surface area contributed by atoms with Gasteiger partial charge < -0.3 is 9.80 Å². The summed E-state index contributed by atoms with van der Waals surface area (Å²) >= 11 is 1.39. The molecular formula is C16H15N5O2S. The Labute approximate surface area is 142 Å². The molecule has 122 valence electrons. The van der Waals surface area contributed by atoms with E-state index in [0.29, 0.717) is 5.17 Å². The number of rotatable bonds is 1. The van der Waals surface area contributed by atoms with E-state index in [1.54, 1.807) is 19.0 Å². The minimum Gasteiger partial charge on any atom is -0.339 e. The first-order chi connectivity index (χ1) is 11.5. The van der Waals surface area contributed by atoms with Gasteiger partial charge in [-0.25, -0.2) is 14.8 Å². The number of amidine groups is 1. The minimum absolute atomic E-state index is 0.323. The van der Waals surface area contributed by atoms with Crippen molar-refractivity contribution in [1.29, 1.82) is 0 Å². The molecule has 0 radical (unpaired) electrons. The summed E-state index contributed by atoms with van der Waals surface area (Å²) in [6.07, 6.45) is -0.501. The van der Waals surface area contributed by atoms with Crippen LogP contribution < -0.4 is 5.32 Å². The number of fused-ring (bicyclic) bond motifs is 2. The van der Waals surface area contributed by atoms with Gasteiger partial charge in [0.05, 0.1) is 5.52 Å². The fourth-order valence-corrected chi connectivity index (χ4v) is 3.77. The van der Waals surface area contributed by atoms with Gasteiger partial charge >= 0.3 is 6.03 Å². The van der Waals surface area contributed by atoms with Gasteiger partial charge in [-0.2, -0.15) is 0 Å². The Kier molecular flexibility index (Phi) is 3.42. The van der Waals surface area contributed by atoms with Crippen molar-refractivity contribution in [3.05, 3.63) is 36.4 Å². The third kappa shape index (κ3) is 2.30. The van der Waals surface area contributed by atoms with Gasteiger partial charge in [0.1, 0.15) is 5.03 Å². The fraction of sp³-hybridized carbons (Fsp3) is 0.250. The van der Waals surface area contributed by atoms with Gasteiger partial charge in [-0.1, -0.05) is 24.3 Å². The van der Waals surface area contributed by atoms with E-state index in [4.69, 9.17) is 0 Å². The Bertz CT molecular complexity index is 884. The van der Waals surface area contributed by atoms with Gasteiger partial charge in [0.25, 0.3) is 5.91 Å². The number of carbonyl (C=O) groups excluding carboxylic acids is 2. The molecule has 4 rings (SSSR count). The van der Waals surface area contributed by atoms with Crippen LogP contribution in [0.25, 0.3) is 10.9 Å². The summed E-state index contributed by atoms with van der Waals surface area (Å²) in [5.41, 5.74) is 0.909. The zero-order valence-electron chi connectivity index (χ0n) is 13.1. The second-order valence-electron chi connectivity index (χ2n) is 5.73. The highest BCUT2D eigenvalue weighted by Gasteiger charge is 2.47. The normalized spacial score (nSPS) is 23.3. The number of imide groups is 1. The van der Waals surface area contributed by atoms with Gasteiger partial charge in [0, 0.05) is 19.5 Å². The number of urea groups is 1. The SMILES string of the molecule is CN1C(=O)NC(=O)C2C1N=C(Sc1ccc3ccccc3n1)N2C. The lowest BCUT2D eigenvalue weighted by Gasteiger charge is -2.34. The van der Waals surface area contributed by atoms with Gasteiger partial charge in [-0.3, -0.25) is 10.1 Å². The maximum absolute atomic E-state index is 12.1. The first-order valence-corrected chi connectivity index (χ1v) is 8.28. The van der Waals surface area contributed by atoms with Crippen LogP contribution in [0.4, 0.5) is 4.79 Å². The van der Waals surface area contributed by atoms with Crippen molar-refractivity contribution >= 4 is 39.8 Å². The molecular weight excluding hydrogens is 326 g/mol. The van der Waals surface area contributed by atoms with Crippen LogP contribution in [-0.4, -0.2) is 58.2 Å². The predicted octanol–water partition coefficient (Wildman–Crippen LogP) is 1.50. The first kappa shape index (κ1) is 14.9. The number of aromatic nitrogens is 1. The van der Waals surface area contributed by atoms with E-state index < -0.39 is 18.2 Å². The number of amides is 3. The third-order valence-electron chi connectivity index (χ3n) is 4.23. The lowest BCUT2D eigenvalue weighted by molar-refractivity contribution is -0.126. The fourth-order valence-electron chi connectivity index (χ4n) is 2.89. The molecule has 2 unspecified atom stereocenters. The van der Waals surface area contributed by atoms with Crippen molar-refractivity contribution in [3.63, 3.8) is 0 Å². The van der Waals surface area contributed by atoms with E-state index >= 15 is 0 Å². The number of benzene rings is 1. The molecule has 7 nitrogen and oxygen atoms in total. The summed E-state index contributed by atoms with van der Waals surface area (Å²) in [4.78, 5) is 36.3. The number of hydrogen-bond donors (Lipinski definition) is 1. The van der Waals surface area contributed by atoms with Crippen LogP contribution >= 0.6 is 11.8 Å². The zero-order chi connectivity index (χ0) is 16.8. The van der Waals surface area contributed by atoms with Gasteiger partial charge in [0.15, 0.2) is 17.4 Å². The van der Waals surface area contributed by atoms with Crippen molar-refractivity contribution in [2.24, 2.45) is 4.99 Å². The third-order valence-corrected chi connectivity index (χ3v) is 5.24. The summed E-state index contributed by atoms with van der Waals surface area (Å²) < 4.78 is 0. The van der Waals surface area contributed by atoms with E-state index in [0.717, 1.165) is 15.9 Å². The number of nitrogens with one attached hydrogen (secondary N) is 1. The standard InChI is InChI=1S/C16H15N5O2S/c1-20-12-13(21(2)15(23)19-14(12)22)18-16(20)24-11-8-7-9-5-3-4-6-10(9)17-11/h3-8,12-13H,1-2H3,(H,19,22,23). The average Bonchev–Trinajstić information content (AvgIpc) is 2.90. The summed E-state index contributed by atoms with van der Waals surface area (Å²) in [5, 5.41) is 4.89. The molecule has 1 aromatic carbocycles. The molecule has 2 aliphatic heterocycles. The summed E-state index contributed by atoms with van der Waals surface area (Å²) in [7, 11) is 3.44. The molecule has 0 saturated carbocycles. The number of aliphatic imine (C=N–C) groups is 1.